The first kappa shape index (κ1) is 24.0. The third kappa shape index (κ3) is 3.86. The quantitative estimate of drug-likeness (QED) is 0.345. The Morgan fingerprint density at radius 1 is 1.40 bits per heavy atom. The molecule has 2 saturated heterocycles. The van der Waals surface area contributed by atoms with Gasteiger partial charge in [0.1, 0.15) is 11.0 Å². The Morgan fingerprint density at radius 2 is 2.14 bits per heavy atom. The molecular weight excluding hydrogens is 537 g/mol. The molecule has 1 aromatic carbocycles. The van der Waals surface area contributed by atoms with Gasteiger partial charge in [-0.2, -0.15) is 5.26 Å². The summed E-state index contributed by atoms with van der Waals surface area (Å²) in [6.07, 6.45) is 3.80. The predicted molar refractivity (Wildman–Crippen MR) is 137 cm³/mol. The second kappa shape index (κ2) is 9.04. The average Bonchev–Trinajstić information content (AvgIpc) is 3.41. The monoisotopic (exact) mass is 559 g/mol. The summed E-state index contributed by atoms with van der Waals surface area (Å²) in [5, 5.41) is 10.1. The van der Waals surface area contributed by atoms with Crippen LogP contribution >= 0.6 is 27.5 Å². The largest absolute Gasteiger partial charge is 0.351 e. The highest BCUT2D eigenvalue weighted by molar-refractivity contribution is 9.10. The smallest absolute Gasteiger partial charge is 0.246 e. The van der Waals surface area contributed by atoms with Crippen molar-refractivity contribution in [2.45, 2.75) is 31.0 Å². The Kier molecular flexibility index (Phi) is 6.20. The molecule has 2 aromatic heterocycles. The molecule has 2 aliphatic heterocycles. The van der Waals surface area contributed by atoms with Gasteiger partial charge in [0.2, 0.25) is 5.91 Å². The van der Waals surface area contributed by atoms with Gasteiger partial charge in [-0.15, -0.1) is 0 Å². The Morgan fingerprint density at radius 3 is 2.80 bits per heavy atom. The minimum atomic E-state index is -0.523. The molecule has 5 rings (SSSR count). The van der Waals surface area contributed by atoms with E-state index < -0.39 is 5.82 Å². The predicted octanol–water partition coefficient (Wildman–Crippen LogP) is 4.13. The highest BCUT2D eigenvalue weighted by atomic mass is 79.9. The lowest BCUT2D eigenvalue weighted by atomic mass is 10.1. The highest BCUT2D eigenvalue weighted by Crippen LogP contribution is 2.41. The number of nitrogens with zero attached hydrogens (tertiary/aromatic N) is 7. The van der Waals surface area contributed by atoms with Crippen LogP contribution in [0, 0.1) is 17.1 Å². The van der Waals surface area contributed by atoms with Crippen LogP contribution in [-0.4, -0.2) is 76.1 Å². The van der Waals surface area contributed by atoms with Crippen LogP contribution in [0.3, 0.4) is 0 Å². The van der Waals surface area contributed by atoms with Gasteiger partial charge in [0.25, 0.3) is 0 Å². The van der Waals surface area contributed by atoms with Crippen LogP contribution in [0.1, 0.15) is 18.9 Å². The molecule has 2 aliphatic rings. The normalized spacial score (nSPS) is 20.6. The van der Waals surface area contributed by atoms with E-state index in [1.54, 1.807) is 17.3 Å². The fourth-order valence-corrected chi connectivity index (χ4v) is 5.55. The number of anilines is 1. The Bertz CT molecular complexity index is 1390. The molecule has 182 valence electrons. The molecule has 8 nitrogen and oxygen atoms in total. The van der Waals surface area contributed by atoms with Gasteiger partial charge in [-0.3, -0.25) is 4.79 Å². The maximum Gasteiger partial charge on any atom is 0.246 e. The van der Waals surface area contributed by atoms with Gasteiger partial charge in [-0.1, -0.05) is 18.2 Å². The number of fused-ring (bicyclic) bond motifs is 3. The van der Waals surface area contributed by atoms with Crippen molar-refractivity contribution in [2.24, 2.45) is 0 Å². The first-order chi connectivity index (χ1) is 16.7. The minimum Gasteiger partial charge on any atom is -0.351 e. The zero-order valence-corrected chi connectivity index (χ0v) is 21.7. The summed E-state index contributed by atoms with van der Waals surface area (Å²) in [5.41, 5.74) is 1.60. The molecule has 1 amide bonds. The molecule has 0 N–H and O–H groups in total. The average molecular weight is 561 g/mol. The second-order valence-electron chi connectivity index (χ2n) is 9.29. The van der Waals surface area contributed by atoms with E-state index in [4.69, 9.17) is 21.6 Å². The van der Waals surface area contributed by atoms with E-state index >= 15 is 4.39 Å². The third-order valence-corrected chi connectivity index (χ3v) is 8.38. The minimum absolute atomic E-state index is 0.142. The number of amides is 1. The number of rotatable bonds is 5. The van der Waals surface area contributed by atoms with Gasteiger partial charge in [-0.05, 0) is 48.6 Å². The van der Waals surface area contributed by atoms with Crippen molar-refractivity contribution in [1.82, 2.24) is 24.3 Å². The molecule has 0 saturated carbocycles. The zero-order chi connectivity index (χ0) is 25.0. The summed E-state index contributed by atoms with van der Waals surface area (Å²) in [4.78, 5) is 27.8. The summed E-state index contributed by atoms with van der Waals surface area (Å²) in [5.74, 6) is -0.105. The summed E-state index contributed by atoms with van der Waals surface area (Å²) in [6.45, 7) is 5.53. The fourth-order valence-electron chi connectivity index (χ4n) is 5.06. The van der Waals surface area contributed by atoms with Crippen molar-refractivity contribution in [2.75, 3.05) is 38.6 Å². The third-order valence-electron chi connectivity index (χ3n) is 7.08. The number of carbonyl (C=O) groups excluding carboxylic acids is 1. The van der Waals surface area contributed by atoms with E-state index in [-0.39, 0.29) is 39.4 Å². The van der Waals surface area contributed by atoms with Gasteiger partial charge in [-0.25, -0.2) is 14.4 Å². The number of halogens is 3. The molecule has 0 bridgehead atoms. The number of aromatic nitrogens is 3. The van der Waals surface area contributed by atoms with E-state index in [0.717, 1.165) is 18.6 Å². The van der Waals surface area contributed by atoms with Crippen LogP contribution in [0.2, 0.25) is 5.02 Å². The van der Waals surface area contributed by atoms with Gasteiger partial charge in [0.15, 0.2) is 11.6 Å². The van der Waals surface area contributed by atoms with Crippen molar-refractivity contribution in [3.63, 3.8) is 0 Å². The summed E-state index contributed by atoms with van der Waals surface area (Å²) in [7, 11) is 4.07. The van der Waals surface area contributed by atoms with E-state index in [1.165, 1.54) is 6.08 Å². The maximum atomic E-state index is 15.4. The zero-order valence-electron chi connectivity index (χ0n) is 19.4. The molecule has 2 atom stereocenters. The maximum absolute atomic E-state index is 15.4. The number of hydrogen-bond donors (Lipinski definition) is 0. The van der Waals surface area contributed by atoms with Crippen molar-refractivity contribution in [3.8, 4) is 6.07 Å². The number of carbonyl (C=O) groups is 1. The summed E-state index contributed by atoms with van der Waals surface area (Å²) in [6, 6.07) is 3.89. The molecule has 0 aliphatic carbocycles. The summed E-state index contributed by atoms with van der Waals surface area (Å²) < 4.78 is 17.6. The van der Waals surface area contributed by atoms with E-state index in [2.05, 4.69) is 38.4 Å². The molecule has 3 aromatic rings. The van der Waals surface area contributed by atoms with Gasteiger partial charge in [0.05, 0.1) is 39.9 Å². The Hall–Kier alpha value is -2.74. The van der Waals surface area contributed by atoms with Crippen molar-refractivity contribution in [1.29, 1.82) is 5.26 Å². The van der Waals surface area contributed by atoms with Crippen molar-refractivity contribution < 1.29 is 9.18 Å². The topological polar surface area (TPSA) is 81.3 Å². The molecule has 35 heavy (non-hydrogen) atoms. The highest BCUT2D eigenvalue weighted by Gasteiger charge is 2.37. The fraction of sp³-hybridized carbons (Fsp3) is 0.417. The summed E-state index contributed by atoms with van der Waals surface area (Å²) >= 11 is 9.60. The lowest BCUT2D eigenvalue weighted by molar-refractivity contribution is -0.126. The number of hydrogen-bond acceptors (Lipinski definition) is 6. The van der Waals surface area contributed by atoms with Crippen LogP contribution in [0.15, 0.2) is 29.5 Å². The number of likely N-dealkylation sites (N-methyl/N-ethyl adjacent to an activating group) is 1. The van der Waals surface area contributed by atoms with Crippen LogP contribution in [-0.2, 0) is 4.79 Å². The first-order valence-corrected chi connectivity index (χ1v) is 12.5. The van der Waals surface area contributed by atoms with E-state index in [0.29, 0.717) is 35.7 Å². The SMILES string of the molecule is C=CC(=O)N1C[C@H](n2cnc3c(N4CC(N(C)C)C4)nc4c(F)c(Br)c(Cl)cc4c32)C[C@@H]1CC#N. The lowest BCUT2D eigenvalue weighted by Gasteiger charge is -2.43. The number of nitriles is 1. The van der Waals surface area contributed by atoms with Crippen molar-refractivity contribution in [3.05, 3.63) is 40.4 Å². The number of likely N-dealkylation sites (tertiary alicyclic amines) is 1. The number of benzene rings is 1. The molecular formula is C24H24BrClFN7O. The lowest BCUT2D eigenvalue weighted by Crippen LogP contribution is -2.57. The second-order valence-corrected chi connectivity index (χ2v) is 10.5. The van der Waals surface area contributed by atoms with Crippen molar-refractivity contribution >= 4 is 61.2 Å². The van der Waals surface area contributed by atoms with E-state index in [1.807, 2.05) is 18.7 Å². The van der Waals surface area contributed by atoms with Crippen LogP contribution in [0.25, 0.3) is 21.9 Å². The van der Waals surface area contributed by atoms with Crippen LogP contribution < -0.4 is 4.90 Å². The van der Waals surface area contributed by atoms with Gasteiger partial charge >= 0.3 is 0 Å². The van der Waals surface area contributed by atoms with Crippen LogP contribution in [0.4, 0.5) is 10.2 Å². The molecule has 0 spiro atoms. The molecule has 4 heterocycles. The molecule has 0 radical (unpaired) electrons. The number of pyridine rings is 1. The van der Waals surface area contributed by atoms with Gasteiger partial charge in [0, 0.05) is 37.1 Å². The Labute approximate surface area is 215 Å². The standard InChI is InChI=1S/C24H24BrClFN7O/c1-4-18(35)33-11-14(7-13(33)5-6-28)34-12-29-22-23(34)16-8-17(26)19(25)20(27)21(16)30-24(22)32-9-15(10-32)31(2)3/h4,8,12-15H,1,5,7,9-11H2,2-3H3/t13-,14+/m0/s1. The number of imidazole rings is 1. The van der Waals surface area contributed by atoms with Crippen LogP contribution in [0.5, 0.6) is 0 Å². The van der Waals surface area contributed by atoms with Gasteiger partial charge < -0.3 is 19.3 Å². The molecule has 2 fully saturated rings. The Balaban J connectivity index is 1.68. The molecule has 11 heteroatoms. The molecule has 0 unspecified atom stereocenters. The van der Waals surface area contributed by atoms with E-state index in [9.17, 15) is 10.1 Å². The first-order valence-electron chi connectivity index (χ1n) is 11.3.